The Labute approximate surface area is 812 Å². The Morgan fingerprint density at radius 2 is 0.514 bits per heavy atom. The van der Waals surface area contributed by atoms with Gasteiger partial charge in [0.05, 0.1) is 50.5 Å². The van der Waals surface area contributed by atoms with Gasteiger partial charge in [0.25, 0.3) is 0 Å². The van der Waals surface area contributed by atoms with Crippen LogP contribution in [0.4, 0.5) is 34.4 Å². The van der Waals surface area contributed by atoms with Gasteiger partial charge < -0.3 is 4.74 Å². The zero-order valence-corrected chi connectivity index (χ0v) is 76.8. The SMILES string of the molecule is CC1(C)c2ccccc2N(c2ncc(-c3ccccc3)cc2-c2nc(-c3ccccc3)nc(-c3ccccc3)n2)c2ccccc21.c1ccc(-c2cnc(-n3c4ccccc4c4c5sc6ccccc6c5ccc43)c(-c3nc(-c4ccccc4)nc(-c4ccccc4)n3)c2)cc1.c1ccc(-c2cnc(N3c4ccccc4Oc4ccccc43)c(-c3nc(-c4ccccc4)nc(-c4ccccc4)n3)c2)cc1. The number of benzene rings is 16. The molecule has 0 bridgehead atoms. The van der Waals surface area contributed by atoms with Crippen LogP contribution in [-0.4, -0.2) is 64.4 Å². The minimum absolute atomic E-state index is 0.193. The number of aromatic nitrogens is 13. The minimum Gasteiger partial charge on any atom is -0.453 e. The number of hydrogen-bond acceptors (Lipinski definition) is 16. The first-order valence-electron chi connectivity index (χ1n) is 46.5. The van der Waals surface area contributed by atoms with Crippen molar-refractivity contribution in [2.45, 2.75) is 19.3 Å². The van der Waals surface area contributed by atoms with Gasteiger partial charge in [0.1, 0.15) is 17.5 Å². The lowest BCUT2D eigenvalue weighted by molar-refractivity contribution is 0.476. The molecule has 0 spiro atoms. The third kappa shape index (κ3) is 16.0. The largest absolute Gasteiger partial charge is 0.453 e. The molecule has 0 radical (unpaired) electrons. The van der Waals surface area contributed by atoms with Gasteiger partial charge in [-0.25, -0.2) is 59.8 Å². The monoisotopic (exact) mass is 1820 g/mol. The van der Waals surface area contributed by atoms with Crippen LogP contribution in [0.1, 0.15) is 25.0 Å². The Bertz CT molecular complexity index is 8480. The van der Waals surface area contributed by atoms with Crippen molar-refractivity contribution < 1.29 is 4.74 Å². The molecule has 8 aromatic heterocycles. The fraction of sp³-hybridized carbons (Fsp3) is 0.0244. The standard InChI is InChI=1S/C44H27N5S.C41H31N5.C38H25N5O/c1-4-14-28(15-5-1)31-26-35(43-47-41(29-16-6-2-7-17-29)46-42(48-43)30-18-8-3-9-19-30)44(45-27-31)49-36-22-12-10-21-34(36)39-37(49)25-24-33-32-20-11-13-23-38(32)50-40(33)39;1-41(2)33-22-12-14-24-35(33)46(36-25-15-13-23-34(36)41)40-32(26-31(27-42-40)28-16-6-3-7-17-28)39-44-37(29-18-8-4-9-19-29)43-38(45-39)30-20-10-5-11-21-30;1-4-14-26(15-5-1)29-24-30(37-41-35(27-16-6-2-7-17-27)40-36(42-37)28-18-8-3-9-19-28)38(39-25-29)43-31-20-10-12-22-33(31)44-34-23-13-11-21-32(34)43/h1-27H;3-27H,1-2H3;1-25H. The van der Waals surface area contributed by atoms with E-state index in [1.165, 1.54) is 42.1 Å². The van der Waals surface area contributed by atoms with Gasteiger partial charge in [-0.3, -0.25) is 14.4 Å². The number of rotatable bonds is 15. The molecule has 0 atom stereocenters. The van der Waals surface area contributed by atoms with Gasteiger partial charge in [0.2, 0.25) is 0 Å². The maximum atomic E-state index is 6.31. The summed E-state index contributed by atoms with van der Waals surface area (Å²) in [5.74, 6) is 8.99. The summed E-state index contributed by atoms with van der Waals surface area (Å²) < 4.78 is 11.2. The van der Waals surface area contributed by atoms with E-state index in [1.54, 1.807) is 0 Å². The molecule has 17 heteroatoms. The van der Waals surface area contributed by atoms with Gasteiger partial charge in [-0.05, 0) is 101 Å². The van der Waals surface area contributed by atoms with Crippen molar-refractivity contribution in [3.8, 4) is 153 Å². The number of pyridine rings is 3. The normalized spacial score (nSPS) is 12.2. The Morgan fingerprint density at radius 1 is 0.229 bits per heavy atom. The lowest BCUT2D eigenvalue weighted by atomic mass is 9.73. The average Bonchev–Trinajstić information content (AvgIpc) is 1.42. The lowest BCUT2D eigenvalue weighted by Crippen LogP contribution is -2.31. The Balaban J connectivity index is 0.000000114. The Hall–Kier alpha value is -18.6. The van der Waals surface area contributed by atoms with E-state index in [2.05, 4.69) is 204 Å². The van der Waals surface area contributed by atoms with Gasteiger partial charge in [0, 0.05) is 105 Å². The van der Waals surface area contributed by atoms with Crippen LogP contribution in [0.15, 0.2) is 468 Å². The second kappa shape index (κ2) is 36.7. The number of para-hydroxylation sites is 7. The van der Waals surface area contributed by atoms with Crippen LogP contribution in [0.2, 0.25) is 0 Å². The van der Waals surface area contributed by atoms with Crippen molar-refractivity contribution in [2.24, 2.45) is 0 Å². The summed E-state index contributed by atoms with van der Waals surface area (Å²) in [4.78, 5) is 65.7. The summed E-state index contributed by atoms with van der Waals surface area (Å²) in [6.45, 7) is 4.58. The minimum atomic E-state index is -0.193. The third-order valence-electron chi connectivity index (χ3n) is 25.6. The molecule has 0 saturated heterocycles. The molecular formula is C123H83N15OS. The number of hydrogen-bond donors (Lipinski definition) is 0. The summed E-state index contributed by atoms with van der Waals surface area (Å²) in [5, 5.41) is 4.96. The molecule has 662 valence electrons. The molecule has 0 N–H and O–H groups in total. The van der Waals surface area contributed by atoms with Crippen LogP contribution in [0.3, 0.4) is 0 Å². The van der Waals surface area contributed by atoms with E-state index in [1.807, 2.05) is 303 Å². The molecule has 0 unspecified atom stereocenters. The van der Waals surface area contributed by atoms with Crippen LogP contribution in [0.25, 0.3) is 184 Å². The zero-order chi connectivity index (χ0) is 93.4. The molecule has 10 heterocycles. The van der Waals surface area contributed by atoms with Gasteiger partial charge in [-0.1, -0.05) is 390 Å². The molecule has 0 saturated carbocycles. The number of anilines is 6. The van der Waals surface area contributed by atoms with Gasteiger partial charge in [0.15, 0.2) is 63.9 Å². The molecule has 26 rings (SSSR count). The van der Waals surface area contributed by atoms with Crippen LogP contribution < -0.4 is 14.5 Å². The molecule has 24 aromatic rings. The quantitative estimate of drug-likeness (QED) is 0.0947. The van der Waals surface area contributed by atoms with Gasteiger partial charge in [-0.15, -0.1) is 11.3 Å². The van der Waals surface area contributed by atoms with Crippen molar-refractivity contribution >= 4 is 87.7 Å². The first-order valence-corrected chi connectivity index (χ1v) is 47.3. The highest BCUT2D eigenvalue weighted by molar-refractivity contribution is 7.26. The summed E-state index contributed by atoms with van der Waals surface area (Å²) >= 11 is 1.85. The molecule has 140 heavy (non-hydrogen) atoms. The molecule has 2 aliphatic heterocycles. The van der Waals surface area contributed by atoms with Crippen molar-refractivity contribution in [1.82, 2.24) is 64.4 Å². The van der Waals surface area contributed by atoms with Crippen molar-refractivity contribution in [3.63, 3.8) is 0 Å². The van der Waals surface area contributed by atoms with Crippen LogP contribution in [0, 0.1) is 0 Å². The van der Waals surface area contributed by atoms with E-state index in [0.717, 1.165) is 140 Å². The van der Waals surface area contributed by atoms with Crippen molar-refractivity contribution in [1.29, 1.82) is 0 Å². The summed E-state index contributed by atoms with van der Waals surface area (Å²) in [7, 11) is 0. The zero-order valence-electron chi connectivity index (χ0n) is 76.0. The highest BCUT2D eigenvalue weighted by atomic mass is 32.1. The topological polar surface area (TPSA) is 175 Å². The predicted molar refractivity (Wildman–Crippen MR) is 567 cm³/mol. The summed E-state index contributed by atoms with van der Waals surface area (Å²) in [6, 6.07) is 153. The molecular weight excluding hydrogens is 1740 g/mol. The fourth-order valence-corrected chi connectivity index (χ4v) is 20.1. The lowest BCUT2D eigenvalue weighted by Gasteiger charge is -2.41. The van der Waals surface area contributed by atoms with Crippen molar-refractivity contribution in [2.75, 3.05) is 9.80 Å². The van der Waals surface area contributed by atoms with Crippen LogP contribution in [-0.2, 0) is 5.41 Å². The second-order valence-electron chi connectivity index (χ2n) is 34.7. The van der Waals surface area contributed by atoms with Gasteiger partial charge >= 0.3 is 0 Å². The maximum absolute atomic E-state index is 6.31. The summed E-state index contributed by atoms with van der Waals surface area (Å²) in [6.07, 6.45) is 5.83. The highest BCUT2D eigenvalue weighted by Gasteiger charge is 2.39. The molecule has 0 fully saturated rings. The number of fused-ring (bicyclic) bond motifs is 11. The summed E-state index contributed by atoms with van der Waals surface area (Å²) in [5.41, 5.74) is 22.4. The first kappa shape index (κ1) is 84.4. The Morgan fingerprint density at radius 3 is 0.893 bits per heavy atom. The van der Waals surface area contributed by atoms with E-state index in [-0.39, 0.29) is 5.41 Å². The van der Waals surface area contributed by atoms with E-state index in [9.17, 15) is 0 Å². The number of ether oxygens (including phenoxy) is 1. The second-order valence-corrected chi connectivity index (χ2v) is 35.7. The maximum Gasteiger partial charge on any atom is 0.167 e. The van der Waals surface area contributed by atoms with E-state index < -0.39 is 0 Å². The van der Waals surface area contributed by atoms with E-state index >= 15 is 0 Å². The molecule has 0 aliphatic carbocycles. The molecule has 16 aromatic carbocycles. The predicted octanol–water partition coefficient (Wildman–Crippen LogP) is 31.0. The van der Waals surface area contributed by atoms with Crippen LogP contribution >= 0.6 is 11.3 Å². The van der Waals surface area contributed by atoms with Crippen molar-refractivity contribution in [3.05, 3.63) is 479 Å². The smallest absolute Gasteiger partial charge is 0.167 e. The third-order valence-corrected chi connectivity index (χ3v) is 26.8. The van der Waals surface area contributed by atoms with E-state index in [0.29, 0.717) is 58.2 Å². The highest BCUT2D eigenvalue weighted by Crippen LogP contribution is 2.56. The average molecular weight is 1820 g/mol. The first-order chi connectivity index (χ1) is 69.2. The Kier molecular flexibility index (Phi) is 22.1. The number of thiophene rings is 1. The number of nitrogens with zero attached hydrogens (tertiary/aromatic N) is 15. The molecule has 2 aliphatic rings. The molecule has 0 amide bonds. The van der Waals surface area contributed by atoms with Crippen LogP contribution in [0.5, 0.6) is 11.5 Å². The molecule has 16 nitrogen and oxygen atoms in total. The van der Waals surface area contributed by atoms with Gasteiger partial charge in [-0.2, -0.15) is 0 Å². The van der Waals surface area contributed by atoms with E-state index in [4.69, 9.17) is 64.5 Å². The fourth-order valence-electron chi connectivity index (χ4n) is 18.8.